The molecular weight excluding hydrogens is 206 g/mol. The molecule has 0 saturated heterocycles. The Morgan fingerprint density at radius 3 is 2.18 bits per heavy atom. The lowest BCUT2D eigenvalue weighted by molar-refractivity contribution is 0.193. The number of nitrogens with two attached hydrogens (primary N) is 1. The lowest BCUT2D eigenvalue weighted by atomic mass is 9.73. The van der Waals surface area contributed by atoms with Crippen LogP contribution in [0.1, 0.15) is 78.6 Å². The van der Waals surface area contributed by atoms with Crippen molar-refractivity contribution in [2.24, 2.45) is 23.5 Å². The molecule has 0 spiro atoms. The van der Waals surface area contributed by atoms with E-state index in [2.05, 4.69) is 20.8 Å². The summed E-state index contributed by atoms with van der Waals surface area (Å²) in [5.74, 6) is 2.59. The Hall–Kier alpha value is -0.0400. The van der Waals surface area contributed by atoms with Crippen molar-refractivity contribution in [1.29, 1.82) is 0 Å². The van der Waals surface area contributed by atoms with Gasteiger partial charge in [0.2, 0.25) is 0 Å². The van der Waals surface area contributed by atoms with Crippen LogP contribution >= 0.6 is 0 Å². The Balaban J connectivity index is 2.37. The van der Waals surface area contributed by atoms with Crippen molar-refractivity contribution in [3.8, 4) is 0 Å². The van der Waals surface area contributed by atoms with E-state index >= 15 is 0 Å². The first-order valence-electron chi connectivity index (χ1n) is 7.98. The molecule has 2 N–H and O–H groups in total. The second kappa shape index (κ2) is 8.13. The molecule has 0 aromatic heterocycles. The van der Waals surface area contributed by atoms with Crippen LogP contribution in [-0.4, -0.2) is 6.04 Å². The van der Waals surface area contributed by atoms with E-state index < -0.39 is 0 Å². The van der Waals surface area contributed by atoms with E-state index in [1.165, 1.54) is 57.8 Å². The normalized spacial score (nSPS) is 28.9. The van der Waals surface area contributed by atoms with Gasteiger partial charge in [0.05, 0.1) is 0 Å². The molecule has 0 amide bonds. The maximum atomic E-state index is 6.53. The predicted octanol–water partition coefficient (Wildman–Crippen LogP) is 4.75. The van der Waals surface area contributed by atoms with Gasteiger partial charge >= 0.3 is 0 Å². The molecule has 17 heavy (non-hydrogen) atoms. The topological polar surface area (TPSA) is 26.0 Å². The fraction of sp³-hybridized carbons (Fsp3) is 1.00. The third kappa shape index (κ3) is 4.62. The Kier molecular flexibility index (Phi) is 7.18. The first kappa shape index (κ1) is 15.0. The van der Waals surface area contributed by atoms with Crippen LogP contribution in [0.3, 0.4) is 0 Å². The van der Waals surface area contributed by atoms with Crippen molar-refractivity contribution in [3.05, 3.63) is 0 Å². The summed E-state index contributed by atoms with van der Waals surface area (Å²) >= 11 is 0. The van der Waals surface area contributed by atoms with E-state index in [9.17, 15) is 0 Å². The third-order valence-electron chi connectivity index (χ3n) is 5.01. The second-order valence-corrected chi connectivity index (χ2v) is 6.08. The quantitative estimate of drug-likeness (QED) is 0.682. The molecule has 1 aliphatic rings. The van der Waals surface area contributed by atoms with E-state index in [1.54, 1.807) is 0 Å². The highest BCUT2D eigenvalue weighted by molar-refractivity contribution is 4.83. The Morgan fingerprint density at radius 1 is 1.06 bits per heavy atom. The first-order valence-corrected chi connectivity index (χ1v) is 7.98. The fourth-order valence-electron chi connectivity index (χ4n) is 3.50. The van der Waals surface area contributed by atoms with Crippen LogP contribution in [-0.2, 0) is 0 Å². The maximum Gasteiger partial charge on any atom is 0.00955 e. The molecule has 1 rings (SSSR count). The van der Waals surface area contributed by atoms with Gasteiger partial charge in [-0.25, -0.2) is 0 Å². The molecule has 0 aromatic carbocycles. The summed E-state index contributed by atoms with van der Waals surface area (Å²) in [6.07, 6.45) is 12.3. The van der Waals surface area contributed by atoms with Gasteiger partial charge in [-0.05, 0) is 37.0 Å². The largest absolute Gasteiger partial charge is 0.327 e. The SMILES string of the molecule is CCCCC(CC)C(N)C1CCC(CC)CC1. The Morgan fingerprint density at radius 2 is 1.71 bits per heavy atom. The smallest absolute Gasteiger partial charge is 0.00955 e. The highest BCUT2D eigenvalue weighted by Gasteiger charge is 2.28. The molecule has 1 fully saturated rings. The molecule has 0 heterocycles. The minimum atomic E-state index is 0.476. The van der Waals surface area contributed by atoms with E-state index in [-0.39, 0.29) is 0 Å². The molecule has 0 bridgehead atoms. The number of unbranched alkanes of at least 4 members (excludes halogenated alkanes) is 1. The standard InChI is InChI=1S/C16H33N/c1-4-7-8-14(6-3)16(17)15-11-9-13(5-2)10-12-15/h13-16H,4-12,17H2,1-3H3. The van der Waals surface area contributed by atoms with Crippen molar-refractivity contribution in [1.82, 2.24) is 0 Å². The van der Waals surface area contributed by atoms with Crippen LogP contribution in [0.15, 0.2) is 0 Å². The molecule has 0 aliphatic heterocycles. The van der Waals surface area contributed by atoms with Crippen LogP contribution < -0.4 is 5.73 Å². The van der Waals surface area contributed by atoms with Crippen LogP contribution in [0, 0.1) is 17.8 Å². The summed E-state index contributed by atoms with van der Waals surface area (Å²) in [6, 6.07) is 0.476. The molecule has 2 unspecified atom stereocenters. The third-order valence-corrected chi connectivity index (χ3v) is 5.01. The predicted molar refractivity (Wildman–Crippen MR) is 77.0 cm³/mol. The highest BCUT2D eigenvalue weighted by Crippen LogP contribution is 2.35. The molecule has 0 aromatic rings. The average molecular weight is 239 g/mol. The van der Waals surface area contributed by atoms with Gasteiger partial charge in [-0.2, -0.15) is 0 Å². The van der Waals surface area contributed by atoms with Gasteiger partial charge in [0, 0.05) is 6.04 Å². The summed E-state index contributed by atoms with van der Waals surface area (Å²) in [5.41, 5.74) is 6.53. The molecule has 102 valence electrons. The van der Waals surface area contributed by atoms with Crippen LogP contribution in [0.5, 0.6) is 0 Å². The van der Waals surface area contributed by atoms with E-state index in [4.69, 9.17) is 5.73 Å². The summed E-state index contributed by atoms with van der Waals surface area (Å²) in [6.45, 7) is 6.93. The molecule has 2 atom stereocenters. The second-order valence-electron chi connectivity index (χ2n) is 6.08. The van der Waals surface area contributed by atoms with Crippen LogP contribution in [0.4, 0.5) is 0 Å². The zero-order valence-electron chi connectivity index (χ0n) is 12.3. The number of hydrogen-bond donors (Lipinski definition) is 1. The lowest BCUT2D eigenvalue weighted by Crippen LogP contribution is -2.39. The van der Waals surface area contributed by atoms with E-state index in [1.807, 2.05) is 0 Å². The molecule has 1 aliphatic carbocycles. The Bertz CT molecular complexity index is 182. The van der Waals surface area contributed by atoms with Crippen molar-refractivity contribution in [2.45, 2.75) is 84.6 Å². The Labute approximate surface area is 109 Å². The van der Waals surface area contributed by atoms with Crippen molar-refractivity contribution >= 4 is 0 Å². The summed E-state index contributed by atoms with van der Waals surface area (Å²) < 4.78 is 0. The van der Waals surface area contributed by atoms with Gasteiger partial charge in [0.15, 0.2) is 0 Å². The van der Waals surface area contributed by atoms with Gasteiger partial charge < -0.3 is 5.73 Å². The van der Waals surface area contributed by atoms with Crippen molar-refractivity contribution < 1.29 is 0 Å². The van der Waals surface area contributed by atoms with Crippen molar-refractivity contribution in [3.63, 3.8) is 0 Å². The zero-order valence-corrected chi connectivity index (χ0v) is 12.3. The van der Waals surface area contributed by atoms with Crippen LogP contribution in [0.25, 0.3) is 0 Å². The average Bonchev–Trinajstić information content (AvgIpc) is 2.39. The molecule has 0 radical (unpaired) electrons. The summed E-state index contributed by atoms with van der Waals surface area (Å²) in [5, 5.41) is 0. The van der Waals surface area contributed by atoms with Gasteiger partial charge in [-0.15, -0.1) is 0 Å². The van der Waals surface area contributed by atoms with Crippen LogP contribution in [0.2, 0.25) is 0 Å². The van der Waals surface area contributed by atoms with Gasteiger partial charge in [-0.1, -0.05) is 59.3 Å². The molecule has 1 nitrogen and oxygen atoms in total. The number of hydrogen-bond acceptors (Lipinski definition) is 1. The minimum Gasteiger partial charge on any atom is -0.327 e. The zero-order chi connectivity index (χ0) is 12.7. The summed E-state index contributed by atoms with van der Waals surface area (Å²) in [4.78, 5) is 0. The summed E-state index contributed by atoms with van der Waals surface area (Å²) in [7, 11) is 0. The lowest BCUT2D eigenvalue weighted by Gasteiger charge is -2.35. The first-order chi connectivity index (χ1) is 8.22. The van der Waals surface area contributed by atoms with E-state index in [0.29, 0.717) is 6.04 Å². The van der Waals surface area contributed by atoms with Crippen molar-refractivity contribution in [2.75, 3.05) is 0 Å². The molecular formula is C16H33N. The number of rotatable bonds is 7. The fourth-order valence-corrected chi connectivity index (χ4v) is 3.50. The maximum absolute atomic E-state index is 6.53. The molecule has 1 saturated carbocycles. The molecule has 1 heteroatoms. The van der Waals surface area contributed by atoms with Gasteiger partial charge in [0.25, 0.3) is 0 Å². The minimum absolute atomic E-state index is 0.476. The van der Waals surface area contributed by atoms with E-state index in [0.717, 1.165) is 17.8 Å². The van der Waals surface area contributed by atoms with Gasteiger partial charge in [0.1, 0.15) is 0 Å². The van der Waals surface area contributed by atoms with Gasteiger partial charge in [-0.3, -0.25) is 0 Å². The highest BCUT2D eigenvalue weighted by atomic mass is 14.7. The monoisotopic (exact) mass is 239 g/mol.